The molecular weight excluding hydrogens is 288 g/mol. The minimum Gasteiger partial charge on any atom is -0.329 e. The molecule has 1 atom stereocenters. The molecule has 2 aromatic rings. The van der Waals surface area contributed by atoms with Gasteiger partial charge in [-0.15, -0.1) is 0 Å². The van der Waals surface area contributed by atoms with E-state index in [2.05, 4.69) is 29.1 Å². The zero-order chi connectivity index (χ0) is 16.7. The van der Waals surface area contributed by atoms with Crippen molar-refractivity contribution in [3.63, 3.8) is 0 Å². The first kappa shape index (κ1) is 16.9. The largest absolute Gasteiger partial charge is 0.329 e. The van der Waals surface area contributed by atoms with Gasteiger partial charge in [-0.05, 0) is 37.1 Å². The molecule has 122 valence electrons. The summed E-state index contributed by atoms with van der Waals surface area (Å²) in [6.07, 6.45) is 3.49. The van der Waals surface area contributed by atoms with Gasteiger partial charge < -0.3 is 10.2 Å². The van der Waals surface area contributed by atoms with E-state index in [1.807, 2.05) is 43.3 Å². The summed E-state index contributed by atoms with van der Waals surface area (Å²) in [4.78, 5) is 23.0. The van der Waals surface area contributed by atoms with E-state index >= 15 is 0 Å². The predicted molar refractivity (Wildman–Crippen MR) is 90.7 cm³/mol. The van der Waals surface area contributed by atoms with E-state index in [1.54, 1.807) is 17.3 Å². The van der Waals surface area contributed by atoms with E-state index in [1.165, 1.54) is 0 Å². The van der Waals surface area contributed by atoms with Gasteiger partial charge in [-0.2, -0.15) is 0 Å². The van der Waals surface area contributed by atoms with Crippen LogP contribution in [0.15, 0.2) is 48.8 Å². The molecule has 0 saturated carbocycles. The van der Waals surface area contributed by atoms with Gasteiger partial charge in [0, 0.05) is 18.9 Å². The maximum atomic E-state index is 12.6. The Labute approximate surface area is 137 Å². The SMILES string of the molecule is CCN(Cc1ccccn1)C(=O)N[C@H](c1ccccn1)C(C)C. The lowest BCUT2D eigenvalue weighted by Gasteiger charge is -2.27. The highest BCUT2D eigenvalue weighted by Gasteiger charge is 2.22. The van der Waals surface area contributed by atoms with Gasteiger partial charge in [-0.25, -0.2) is 4.79 Å². The number of hydrogen-bond acceptors (Lipinski definition) is 3. The molecule has 2 amide bonds. The van der Waals surface area contributed by atoms with Gasteiger partial charge in [0.15, 0.2) is 0 Å². The molecule has 0 unspecified atom stereocenters. The maximum absolute atomic E-state index is 12.6. The Kier molecular flexibility index (Phi) is 6.09. The molecule has 5 nitrogen and oxygen atoms in total. The summed E-state index contributed by atoms with van der Waals surface area (Å²) in [7, 11) is 0. The monoisotopic (exact) mass is 312 g/mol. The van der Waals surface area contributed by atoms with Crippen LogP contribution in [-0.4, -0.2) is 27.4 Å². The smallest absolute Gasteiger partial charge is 0.318 e. The highest BCUT2D eigenvalue weighted by atomic mass is 16.2. The molecular formula is C18H24N4O. The van der Waals surface area contributed by atoms with E-state index in [4.69, 9.17) is 0 Å². The van der Waals surface area contributed by atoms with Crippen molar-refractivity contribution in [3.8, 4) is 0 Å². The molecule has 1 N–H and O–H groups in total. The van der Waals surface area contributed by atoms with Gasteiger partial charge in [-0.3, -0.25) is 9.97 Å². The van der Waals surface area contributed by atoms with Crippen molar-refractivity contribution in [2.24, 2.45) is 5.92 Å². The fourth-order valence-electron chi connectivity index (χ4n) is 2.38. The van der Waals surface area contributed by atoms with Crippen molar-refractivity contribution in [2.75, 3.05) is 6.54 Å². The van der Waals surface area contributed by atoms with Gasteiger partial charge in [0.25, 0.3) is 0 Å². The average Bonchev–Trinajstić information content (AvgIpc) is 2.58. The Hall–Kier alpha value is -2.43. The van der Waals surface area contributed by atoms with Crippen molar-refractivity contribution < 1.29 is 4.79 Å². The number of hydrogen-bond donors (Lipinski definition) is 1. The Morgan fingerprint density at radius 3 is 2.35 bits per heavy atom. The van der Waals surface area contributed by atoms with Crippen molar-refractivity contribution in [1.29, 1.82) is 0 Å². The molecule has 2 rings (SSSR count). The number of urea groups is 1. The average molecular weight is 312 g/mol. The Morgan fingerprint density at radius 2 is 1.83 bits per heavy atom. The second kappa shape index (κ2) is 8.27. The van der Waals surface area contributed by atoms with E-state index < -0.39 is 0 Å². The van der Waals surface area contributed by atoms with E-state index in [0.29, 0.717) is 13.1 Å². The summed E-state index contributed by atoms with van der Waals surface area (Å²) in [5, 5.41) is 3.10. The van der Waals surface area contributed by atoms with Gasteiger partial charge in [-0.1, -0.05) is 26.0 Å². The van der Waals surface area contributed by atoms with Gasteiger partial charge in [0.1, 0.15) is 0 Å². The topological polar surface area (TPSA) is 58.1 Å². The lowest BCUT2D eigenvalue weighted by Crippen LogP contribution is -2.42. The standard InChI is InChI=1S/C18H24N4O/c1-4-22(13-15-9-5-7-11-19-15)18(23)21-17(14(2)3)16-10-6-8-12-20-16/h5-12,14,17H,4,13H2,1-3H3,(H,21,23)/t17-/m0/s1. The molecule has 0 bridgehead atoms. The highest BCUT2D eigenvalue weighted by molar-refractivity contribution is 5.74. The second-order valence-corrected chi connectivity index (χ2v) is 5.76. The minimum absolute atomic E-state index is 0.0949. The summed E-state index contributed by atoms with van der Waals surface area (Å²) in [5.41, 5.74) is 1.76. The van der Waals surface area contributed by atoms with Crippen LogP contribution in [0.25, 0.3) is 0 Å². The third-order valence-corrected chi connectivity index (χ3v) is 3.70. The molecule has 0 aliphatic heterocycles. The third kappa shape index (κ3) is 4.77. The van der Waals surface area contributed by atoms with Crippen LogP contribution < -0.4 is 5.32 Å². The summed E-state index contributed by atoms with van der Waals surface area (Å²) in [6.45, 7) is 7.24. The summed E-state index contributed by atoms with van der Waals surface area (Å²) in [5.74, 6) is 0.252. The number of pyridine rings is 2. The van der Waals surface area contributed by atoms with E-state index in [0.717, 1.165) is 11.4 Å². The molecule has 0 fully saturated rings. The van der Waals surface area contributed by atoms with E-state index in [-0.39, 0.29) is 18.0 Å². The van der Waals surface area contributed by atoms with Crippen LogP contribution in [0.4, 0.5) is 4.79 Å². The fourth-order valence-corrected chi connectivity index (χ4v) is 2.38. The van der Waals surface area contributed by atoms with Crippen LogP contribution in [0.2, 0.25) is 0 Å². The van der Waals surface area contributed by atoms with Gasteiger partial charge in [0.05, 0.1) is 24.0 Å². The molecule has 0 aliphatic carbocycles. The minimum atomic E-state index is -0.110. The van der Waals surface area contributed by atoms with Gasteiger partial charge in [0.2, 0.25) is 0 Å². The highest BCUT2D eigenvalue weighted by Crippen LogP contribution is 2.19. The maximum Gasteiger partial charge on any atom is 0.318 e. The van der Waals surface area contributed by atoms with Crippen LogP contribution >= 0.6 is 0 Å². The Balaban J connectivity index is 2.07. The van der Waals surface area contributed by atoms with Crippen molar-refractivity contribution in [3.05, 3.63) is 60.2 Å². The number of nitrogens with one attached hydrogen (secondary N) is 1. The first-order valence-electron chi connectivity index (χ1n) is 7.98. The van der Waals surface area contributed by atoms with E-state index in [9.17, 15) is 4.79 Å². The lowest BCUT2D eigenvalue weighted by atomic mass is 10.0. The lowest BCUT2D eigenvalue weighted by molar-refractivity contribution is 0.189. The molecule has 23 heavy (non-hydrogen) atoms. The summed E-state index contributed by atoms with van der Waals surface area (Å²) in [6, 6.07) is 11.3. The number of carbonyl (C=O) groups excluding carboxylic acids is 1. The zero-order valence-electron chi connectivity index (χ0n) is 13.9. The summed E-state index contributed by atoms with van der Waals surface area (Å²) >= 11 is 0. The first-order valence-corrected chi connectivity index (χ1v) is 7.98. The molecule has 0 spiro atoms. The number of carbonyl (C=O) groups is 1. The van der Waals surface area contributed by atoms with Crippen molar-refractivity contribution in [1.82, 2.24) is 20.2 Å². The number of aromatic nitrogens is 2. The Bertz CT molecular complexity index is 601. The van der Waals surface area contributed by atoms with Gasteiger partial charge >= 0.3 is 6.03 Å². The van der Waals surface area contributed by atoms with Crippen LogP contribution in [0.3, 0.4) is 0 Å². The molecule has 0 aliphatic rings. The van der Waals surface area contributed by atoms with Crippen LogP contribution in [0, 0.1) is 5.92 Å². The molecule has 0 aromatic carbocycles. The van der Waals surface area contributed by atoms with Crippen molar-refractivity contribution in [2.45, 2.75) is 33.4 Å². The fraction of sp³-hybridized carbons (Fsp3) is 0.389. The second-order valence-electron chi connectivity index (χ2n) is 5.76. The predicted octanol–water partition coefficient (Wildman–Crippen LogP) is 3.41. The molecule has 5 heteroatoms. The first-order chi connectivity index (χ1) is 11.1. The quantitative estimate of drug-likeness (QED) is 0.889. The number of rotatable bonds is 6. The third-order valence-electron chi connectivity index (χ3n) is 3.70. The number of amides is 2. The van der Waals surface area contributed by atoms with Crippen LogP contribution in [0.5, 0.6) is 0 Å². The molecule has 2 heterocycles. The Morgan fingerprint density at radius 1 is 1.13 bits per heavy atom. The summed E-state index contributed by atoms with van der Waals surface area (Å²) < 4.78 is 0. The molecule has 0 radical (unpaired) electrons. The number of nitrogens with zero attached hydrogens (tertiary/aromatic N) is 3. The van der Waals surface area contributed by atoms with Crippen LogP contribution in [-0.2, 0) is 6.54 Å². The van der Waals surface area contributed by atoms with Crippen molar-refractivity contribution >= 4 is 6.03 Å². The molecule has 0 saturated heterocycles. The van der Waals surface area contributed by atoms with Crippen LogP contribution in [0.1, 0.15) is 38.2 Å². The zero-order valence-corrected chi connectivity index (χ0v) is 13.9. The normalized spacial score (nSPS) is 12.0. The molecule has 2 aromatic heterocycles.